The van der Waals surface area contributed by atoms with Gasteiger partial charge in [-0.3, -0.25) is 4.79 Å². The van der Waals surface area contributed by atoms with Crippen LogP contribution in [0.1, 0.15) is 35.4 Å². The number of ketones is 1. The van der Waals surface area contributed by atoms with Crippen LogP contribution in [0.3, 0.4) is 0 Å². The van der Waals surface area contributed by atoms with Crippen molar-refractivity contribution in [2.24, 2.45) is 0 Å². The Balaban J connectivity index is 3.44. The molecule has 0 saturated carbocycles. The number of hydrogen-bond acceptors (Lipinski definition) is 2. The molecule has 0 N–H and O–H groups in total. The van der Waals surface area contributed by atoms with Crippen LogP contribution in [0.4, 0.5) is 57.1 Å². The molecule has 0 fully saturated rings. The van der Waals surface area contributed by atoms with E-state index in [4.69, 9.17) is 0 Å². The van der Waals surface area contributed by atoms with Crippen molar-refractivity contribution in [3.63, 3.8) is 0 Å². The van der Waals surface area contributed by atoms with Crippen LogP contribution < -0.4 is 0 Å². The molecule has 32 heavy (non-hydrogen) atoms. The molecule has 1 aromatic rings. The molecule has 1 unspecified atom stereocenters. The molecule has 2 nitrogen and oxygen atoms in total. The van der Waals surface area contributed by atoms with Gasteiger partial charge in [-0.05, 0) is 18.6 Å². The maximum Gasteiger partial charge on any atom is 0.460 e. The number of rotatable bonds is 9. The molecule has 0 amide bonds. The SMILES string of the molecule is COC(CC(F)(F)C(F)(F)C(F)(F)C(F)(F)C(F)(F)C(F)(F)F)c1cccc(C(C)=O)c1. The number of carbonyl (C=O) groups excluding carboxylic acids is 1. The molecule has 1 aromatic carbocycles. The van der Waals surface area contributed by atoms with Gasteiger partial charge in [0, 0.05) is 19.1 Å². The zero-order valence-electron chi connectivity index (χ0n) is 15.8. The van der Waals surface area contributed by atoms with Crippen molar-refractivity contribution in [3.05, 3.63) is 35.4 Å². The molecule has 15 heteroatoms. The fraction of sp³-hybridized carbons (Fsp3) is 0.588. The van der Waals surface area contributed by atoms with Gasteiger partial charge in [-0.2, -0.15) is 57.1 Å². The second kappa shape index (κ2) is 8.37. The van der Waals surface area contributed by atoms with Crippen LogP contribution in [0.25, 0.3) is 0 Å². The second-order valence-corrected chi connectivity index (χ2v) is 6.61. The summed E-state index contributed by atoms with van der Waals surface area (Å²) in [4.78, 5) is 11.3. The first kappa shape index (κ1) is 28.0. The van der Waals surface area contributed by atoms with Gasteiger partial charge in [-0.15, -0.1) is 0 Å². The van der Waals surface area contributed by atoms with Gasteiger partial charge in [0.25, 0.3) is 0 Å². The summed E-state index contributed by atoms with van der Waals surface area (Å²) in [5, 5.41) is 0. The average Bonchev–Trinajstić information content (AvgIpc) is 2.64. The van der Waals surface area contributed by atoms with Crippen molar-refractivity contribution in [2.45, 2.75) is 55.2 Å². The van der Waals surface area contributed by atoms with E-state index in [1.807, 2.05) is 0 Å². The Hall–Kier alpha value is -2.06. The third-order valence-electron chi connectivity index (χ3n) is 4.39. The van der Waals surface area contributed by atoms with E-state index in [0.29, 0.717) is 7.11 Å². The minimum atomic E-state index is -7.96. The molecular formula is C17H13F13O2. The Bertz CT molecular complexity index is 830. The highest BCUT2D eigenvalue weighted by molar-refractivity contribution is 5.94. The molecule has 0 saturated heterocycles. The van der Waals surface area contributed by atoms with Crippen LogP contribution in [0.2, 0.25) is 0 Å². The third-order valence-corrected chi connectivity index (χ3v) is 4.39. The fourth-order valence-corrected chi connectivity index (χ4v) is 2.46. The third kappa shape index (κ3) is 4.39. The lowest BCUT2D eigenvalue weighted by molar-refractivity contribution is -0.440. The normalized spacial score (nSPS) is 15.6. The number of benzene rings is 1. The van der Waals surface area contributed by atoms with Gasteiger partial charge < -0.3 is 4.74 Å². The number of alkyl halides is 13. The van der Waals surface area contributed by atoms with Crippen molar-refractivity contribution in [3.8, 4) is 0 Å². The number of hydrogen-bond donors (Lipinski definition) is 0. The largest absolute Gasteiger partial charge is 0.460 e. The van der Waals surface area contributed by atoms with E-state index < -0.39 is 59.7 Å². The Morgan fingerprint density at radius 2 is 1.28 bits per heavy atom. The summed E-state index contributed by atoms with van der Waals surface area (Å²) in [7, 11) is 0.601. The quantitative estimate of drug-likeness (QED) is 0.281. The van der Waals surface area contributed by atoms with Crippen molar-refractivity contribution in [2.75, 3.05) is 7.11 Å². The van der Waals surface area contributed by atoms with Crippen molar-refractivity contribution < 1.29 is 66.6 Å². The number of Topliss-reactive ketones (excluding diaryl/α,β-unsaturated/α-hetero) is 1. The van der Waals surface area contributed by atoms with E-state index in [0.717, 1.165) is 31.2 Å². The maximum atomic E-state index is 14.1. The molecule has 0 aromatic heterocycles. The van der Waals surface area contributed by atoms with Gasteiger partial charge in [0.05, 0.1) is 6.10 Å². The topological polar surface area (TPSA) is 26.3 Å². The van der Waals surface area contributed by atoms with Gasteiger partial charge in [-0.1, -0.05) is 18.2 Å². The van der Waals surface area contributed by atoms with Crippen molar-refractivity contribution >= 4 is 5.78 Å². The van der Waals surface area contributed by atoms with Crippen LogP contribution in [0.15, 0.2) is 24.3 Å². The number of methoxy groups -OCH3 is 1. The van der Waals surface area contributed by atoms with Crippen LogP contribution in [-0.4, -0.2) is 48.7 Å². The summed E-state index contributed by atoms with van der Waals surface area (Å²) in [5.74, 6) is -37.9. The number of halogens is 13. The zero-order chi connectivity index (χ0) is 25.6. The molecule has 0 aliphatic heterocycles. The molecular weight excluding hydrogens is 483 g/mol. The van der Waals surface area contributed by atoms with E-state index in [1.165, 1.54) is 0 Å². The van der Waals surface area contributed by atoms with E-state index in [2.05, 4.69) is 4.74 Å². The van der Waals surface area contributed by atoms with Gasteiger partial charge in [0.15, 0.2) is 5.78 Å². The highest BCUT2D eigenvalue weighted by Gasteiger charge is 2.90. The lowest BCUT2D eigenvalue weighted by atomic mass is 9.90. The van der Waals surface area contributed by atoms with Gasteiger partial charge in [-0.25, -0.2) is 0 Å². The summed E-state index contributed by atoms with van der Waals surface area (Å²) >= 11 is 0. The smallest absolute Gasteiger partial charge is 0.377 e. The first-order valence-corrected chi connectivity index (χ1v) is 8.18. The predicted octanol–water partition coefficient (Wildman–Crippen LogP) is 6.71. The standard InChI is InChI=1S/C17H13F13O2/c1-8(31)9-4-3-5-10(6-9)11(32-2)7-12(18,19)13(20,21)14(22,23)15(24,25)16(26,27)17(28,29)30/h3-6,11H,7H2,1-2H3. The van der Waals surface area contributed by atoms with E-state index in [9.17, 15) is 61.9 Å². The van der Waals surface area contributed by atoms with E-state index in [1.54, 1.807) is 0 Å². The molecule has 1 atom stereocenters. The highest BCUT2D eigenvalue weighted by atomic mass is 19.4. The summed E-state index contributed by atoms with van der Waals surface area (Å²) in [6.07, 6.45) is -12.3. The first-order chi connectivity index (χ1) is 14.1. The molecule has 1 rings (SSSR count). The van der Waals surface area contributed by atoms with Crippen LogP contribution >= 0.6 is 0 Å². The summed E-state index contributed by atoms with van der Waals surface area (Å²) < 4.78 is 176. The van der Waals surface area contributed by atoms with Crippen LogP contribution in [-0.2, 0) is 4.74 Å². The van der Waals surface area contributed by atoms with Crippen LogP contribution in [0, 0.1) is 0 Å². The van der Waals surface area contributed by atoms with E-state index >= 15 is 0 Å². The van der Waals surface area contributed by atoms with Gasteiger partial charge in [0.2, 0.25) is 0 Å². The van der Waals surface area contributed by atoms with Crippen LogP contribution in [0.5, 0.6) is 0 Å². The Kier molecular flexibility index (Phi) is 7.32. The predicted molar refractivity (Wildman–Crippen MR) is 81.6 cm³/mol. The molecule has 0 heterocycles. The molecule has 0 aliphatic rings. The molecule has 184 valence electrons. The fourth-order valence-electron chi connectivity index (χ4n) is 2.46. The summed E-state index contributed by atoms with van der Waals surface area (Å²) in [6, 6.07) is 3.90. The lowest BCUT2D eigenvalue weighted by Crippen LogP contribution is -2.70. The Labute approximate surface area is 171 Å². The van der Waals surface area contributed by atoms with Gasteiger partial charge in [0.1, 0.15) is 0 Å². The molecule has 0 bridgehead atoms. The minimum Gasteiger partial charge on any atom is -0.377 e. The summed E-state index contributed by atoms with van der Waals surface area (Å²) in [5.41, 5.74) is -0.673. The van der Waals surface area contributed by atoms with Gasteiger partial charge >= 0.3 is 35.8 Å². The molecule has 0 aliphatic carbocycles. The molecule has 0 radical (unpaired) electrons. The van der Waals surface area contributed by atoms with E-state index in [-0.39, 0.29) is 5.56 Å². The monoisotopic (exact) mass is 496 g/mol. The van der Waals surface area contributed by atoms with Crippen molar-refractivity contribution in [1.29, 1.82) is 0 Å². The Morgan fingerprint density at radius 1 is 0.812 bits per heavy atom. The Morgan fingerprint density at radius 3 is 1.69 bits per heavy atom. The summed E-state index contributed by atoms with van der Waals surface area (Å²) in [6.45, 7) is 1.01. The lowest BCUT2D eigenvalue weighted by Gasteiger charge is -2.40. The first-order valence-electron chi connectivity index (χ1n) is 8.18. The van der Waals surface area contributed by atoms with Crippen molar-refractivity contribution in [1.82, 2.24) is 0 Å². The number of carbonyl (C=O) groups is 1. The molecule has 0 spiro atoms. The zero-order valence-corrected chi connectivity index (χ0v) is 15.8. The second-order valence-electron chi connectivity index (χ2n) is 6.61. The highest BCUT2D eigenvalue weighted by Crippen LogP contribution is 2.61. The number of ether oxygens (including phenoxy) is 1. The minimum absolute atomic E-state index is 0.179. The maximum absolute atomic E-state index is 14.1. The average molecular weight is 496 g/mol.